The molecule has 0 aromatic heterocycles. The minimum atomic E-state index is -0.0657. The van der Waals surface area contributed by atoms with E-state index in [2.05, 4.69) is 10.5 Å². The van der Waals surface area contributed by atoms with Crippen molar-refractivity contribution in [2.24, 2.45) is 5.10 Å². The molecule has 0 fully saturated rings. The number of nitrogens with one attached hydrogen (secondary N) is 1. The van der Waals surface area contributed by atoms with Gasteiger partial charge in [0.15, 0.2) is 10.9 Å². The SMILES string of the molecule is CC(=O)/C(C)=N/NC(=S)N(C)C. The lowest BCUT2D eigenvalue weighted by Crippen LogP contribution is -2.31. The van der Waals surface area contributed by atoms with E-state index in [1.807, 2.05) is 0 Å². The Hall–Kier alpha value is -0.970. The first-order valence-corrected chi connectivity index (χ1v) is 3.88. The summed E-state index contributed by atoms with van der Waals surface area (Å²) in [5.74, 6) is -0.0657. The van der Waals surface area contributed by atoms with E-state index in [1.165, 1.54) is 6.92 Å². The summed E-state index contributed by atoms with van der Waals surface area (Å²) in [5, 5.41) is 4.26. The van der Waals surface area contributed by atoms with Crippen molar-refractivity contribution in [2.75, 3.05) is 14.1 Å². The predicted octanol–water partition coefficient (Wildman–Crippen LogP) is 0.387. The summed E-state index contributed by atoms with van der Waals surface area (Å²) in [5.41, 5.74) is 3.00. The van der Waals surface area contributed by atoms with Crippen LogP contribution >= 0.6 is 12.2 Å². The van der Waals surface area contributed by atoms with Crippen LogP contribution in [0, 0.1) is 0 Å². The van der Waals surface area contributed by atoms with Gasteiger partial charge < -0.3 is 4.90 Å². The summed E-state index contributed by atoms with van der Waals surface area (Å²) >= 11 is 4.88. The van der Waals surface area contributed by atoms with Crippen molar-refractivity contribution in [1.82, 2.24) is 10.3 Å². The molecule has 0 bridgehead atoms. The Morgan fingerprint density at radius 3 is 2.25 bits per heavy atom. The monoisotopic (exact) mass is 187 g/mol. The highest BCUT2D eigenvalue weighted by Crippen LogP contribution is 1.81. The van der Waals surface area contributed by atoms with Gasteiger partial charge in [-0.15, -0.1) is 0 Å². The second-order valence-corrected chi connectivity index (χ2v) is 2.95. The van der Waals surface area contributed by atoms with E-state index >= 15 is 0 Å². The summed E-state index contributed by atoms with van der Waals surface area (Å²) in [6, 6.07) is 0. The quantitative estimate of drug-likeness (QED) is 0.386. The van der Waals surface area contributed by atoms with Crippen LogP contribution in [0.5, 0.6) is 0 Å². The molecule has 0 rings (SSSR count). The minimum absolute atomic E-state index is 0.0657. The van der Waals surface area contributed by atoms with E-state index in [4.69, 9.17) is 12.2 Å². The first-order chi connectivity index (χ1) is 5.45. The maximum Gasteiger partial charge on any atom is 0.189 e. The van der Waals surface area contributed by atoms with Crippen molar-refractivity contribution in [1.29, 1.82) is 0 Å². The van der Waals surface area contributed by atoms with Gasteiger partial charge in [-0.2, -0.15) is 5.10 Å². The second-order valence-electron chi connectivity index (χ2n) is 2.56. The van der Waals surface area contributed by atoms with Crippen molar-refractivity contribution < 1.29 is 4.79 Å². The number of hydrazone groups is 1. The van der Waals surface area contributed by atoms with Gasteiger partial charge in [-0.1, -0.05) is 0 Å². The van der Waals surface area contributed by atoms with Gasteiger partial charge >= 0.3 is 0 Å². The topological polar surface area (TPSA) is 44.7 Å². The van der Waals surface area contributed by atoms with Gasteiger partial charge in [0.1, 0.15) is 5.71 Å². The molecule has 0 aliphatic heterocycles. The van der Waals surface area contributed by atoms with Crippen LogP contribution in [0.4, 0.5) is 0 Å². The zero-order valence-corrected chi connectivity index (χ0v) is 8.53. The third-order valence-electron chi connectivity index (χ3n) is 1.23. The van der Waals surface area contributed by atoms with Crippen LogP contribution in [0.25, 0.3) is 0 Å². The number of nitrogens with zero attached hydrogens (tertiary/aromatic N) is 2. The zero-order chi connectivity index (χ0) is 9.72. The van der Waals surface area contributed by atoms with E-state index in [0.29, 0.717) is 10.8 Å². The third kappa shape index (κ3) is 4.02. The van der Waals surface area contributed by atoms with Gasteiger partial charge in [0.25, 0.3) is 0 Å². The number of hydrogen-bond donors (Lipinski definition) is 1. The molecule has 0 radical (unpaired) electrons. The number of carbonyl (C=O) groups excluding carboxylic acids is 1. The molecule has 0 aromatic carbocycles. The number of Topliss-reactive ketones (excluding diaryl/α,β-unsaturated/α-hetero) is 1. The highest BCUT2D eigenvalue weighted by atomic mass is 32.1. The number of thiocarbonyl (C=S) groups is 1. The summed E-state index contributed by atoms with van der Waals surface area (Å²) in [6.45, 7) is 3.09. The number of ketones is 1. The van der Waals surface area contributed by atoms with Crippen LogP contribution in [-0.2, 0) is 4.79 Å². The summed E-state index contributed by atoms with van der Waals surface area (Å²) < 4.78 is 0. The fourth-order valence-corrected chi connectivity index (χ4v) is 0.356. The largest absolute Gasteiger partial charge is 0.354 e. The van der Waals surface area contributed by atoms with E-state index in [1.54, 1.807) is 25.9 Å². The number of rotatable bonds is 2. The number of hydrogen-bond acceptors (Lipinski definition) is 3. The maximum atomic E-state index is 10.7. The standard InChI is InChI=1S/C7H13N3OS/c1-5(6(2)11)8-9-7(12)10(3)4/h1-4H3,(H,9,12)/b8-5+. The number of carbonyl (C=O) groups is 1. The van der Waals surface area contributed by atoms with Crippen molar-refractivity contribution >= 4 is 28.8 Å². The fraction of sp³-hybridized carbons (Fsp3) is 0.571. The van der Waals surface area contributed by atoms with Crippen molar-refractivity contribution in [3.05, 3.63) is 0 Å². The summed E-state index contributed by atoms with van der Waals surface area (Å²) in [6.07, 6.45) is 0. The van der Waals surface area contributed by atoms with Gasteiger partial charge in [-0.25, -0.2) is 0 Å². The average molecular weight is 187 g/mol. The first kappa shape index (κ1) is 11.0. The van der Waals surface area contributed by atoms with Crippen molar-refractivity contribution in [2.45, 2.75) is 13.8 Å². The normalized spacial score (nSPS) is 10.8. The van der Waals surface area contributed by atoms with Crippen LogP contribution in [0.3, 0.4) is 0 Å². The molecule has 0 aliphatic carbocycles. The molecule has 0 aliphatic rings. The Morgan fingerprint density at radius 2 is 1.92 bits per heavy atom. The third-order valence-corrected chi connectivity index (χ3v) is 1.69. The van der Waals surface area contributed by atoms with E-state index < -0.39 is 0 Å². The van der Waals surface area contributed by atoms with E-state index in [-0.39, 0.29) is 5.78 Å². The van der Waals surface area contributed by atoms with Gasteiger partial charge in [0.2, 0.25) is 0 Å². The molecule has 0 unspecified atom stereocenters. The van der Waals surface area contributed by atoms with Gasteiger partial charge in [0, 0.05) is 21.0 Å². The van der Waals surface area contributed by atoms with Crippen LogP contribution < -0.4 is 5.43 Å². The molecule has 68 valence electrons. The Morgan fingerprint density at radius 1 is 1.42 bits per heavy atom. The van der Waals surface area contributed by atoms with Crippen LogP contribution in [0.1, 0.15) is 13.8 Å². The molecule has 0 atom stereocenters. The highest BCUT2D eigenvalue weighted by molar-refractivity contribution is 7.80. The Kier molecular flexibility index (Phi) is 4.43. The molecule has 1 N–H and O–H groups in total. The van der Waals surface area contributed by atoms with Crippen molar-refractivity contribution in [3.8, 4) is 0 Å². The molecule has 0 saturated carbocycles. The fourth-order valence-electron chi connectivity index (χ4n) is 0.310. The molecular weight excluding hydrogens is 174 g/mol. The Labute approximate surface area is 77.6 Å². The van der Waals surface area contributed by atoms with Gasteiger partial charge in [-0.05, 0) is 19.1 Å². The molecular formula is C7H13N3OS. The molecule has 0 saturated heterocycles. The average Bonchev–Trinajstić information content (AvgIpc) is 1.98. The van der Waals surface area contributed by atoms with Gasteiger partial charge in [-0.3, -0.25) is 10.2 Å². The predicted molar refractivity (Wildman–Crippen MR) is 53.2 cm³/mol. The van der Waals surface area contributed by atoms with E-state index in [9.17, 15) is 4.79 Å². The minimum Gasteiger partial charge on any atom is -0.354 e. The lowest BCUT2D eigenvalue weighted by Gasteiger charge is -2.11. The second kappa shape index (κ2) is 4.82. The molecule has 0 spiro atoms. The molecule has 5 heteroatoms. The highest BCUT2D eigenvalue weighted by Gasteiger charge is 1.99. The summed E-state index contributed by atoms with van der Waals surface area (Å²) in [7, 11) is 3.60. The van der Waals surface area contributed by atoms with Crippen LogP contribution in [0.2, 0.25) is 0 Å². The van der Waals surface area contributed by atoms with Gasteiger partial charge in [0.05, 0.1) is 0 Å². The first-order valence-electron chi connectivity index (χ1n) is 3.47. The molecule has 12 heavy (non-hydrogen) atoms. The Balaban J connectivity index is 4.05. The van der Waals surface area contributed by atoms with Crippen molar-refractivity contribution in [3.63, 3.8) is 0 Å². The molecule has 0 aromatic rings. The zero-order valence-electron chi connectivity index (χ0n) is 7.71. The lowest BCUT2D eigenvalue weighted by molar-refractivity contribution is -0.111. The van der Waals surface area contributed by atoms with Crippen LogP contribution in [-0.4, -0.2) is 35.6 Å². The molecule has 4 nitrogen and oxygen atoms in total. The lowest BCUT2D eigenvalue weighted by atomic mass is 10.3. The molecule has 0 heterocycles. The van der Waals surface area contributed by atoms with Crippen LogP contribution in [0.15, 0.2) is 5.10 Å². The smallest absolute Gasteiger partial charge is 0.189 e. The summed E-state index contributed by atoms with van der Waals surface area (Å²) in [4.78, 5) is 12.4. The Bertz CT molecular complexity index is 223. The van der Waals surface area contributed by atoms with E-state index in [0.717, 1.165) is 0 Å². The molecule has 0 amide bonds. The maximum absolute atomic E-state index is 10.7.